The molecule has 0 aliphatic carbocycles. The Kier molecular flexibility index (Phi) is 3.10. The van der Waals surface area contributed by atoms with Crippen molar-refractivity contribution >= 4 is 11.6 Å². The van der Waals surface area contributed by atoms with Gasteiger partial charge < -0.3 is 15.0 Å². The van der Waals surface area contributed by atoms with Gasteiger partial charge in [-0.1, -0.05) is 6.07 Å². The van der Waals surface area contributed by atoms with Gasteiger partial charge in [0.2, 0.25) is 0 Å². The van der Waals surface area contributed by atoms with Crippen molar-refractivity contribution in [3.05, 3.63) is 23.8 Å². The summed E-state index contributed by atoms with van der Waals surface area (Å²) in [5.41, 5.74) is 2.07. The smallest absolute Gasteiger partial charge is 0.264 e. The van der Waals surface area contributed by atoms with Gasteiger partial charge in [-0.25, -0.2) is 0 Å². The fraction of sp³-hybridized carbons (Fsp3) is 0.417. The maximum Gasteiger partial charge on any atom is 0.264 e. The molecule has 0 unspecified atom stereocenters. The maximum absolute atomic E-state index is 11.4. The largest absolute Gasteiger partial charge is 0.482 e. The average Bonchev–Trinajstić information content (AvgIpc) is 2.31. The van der Waals surface area contributed by atoms with Crippen molar-refractivity contribution in [1.29, 1.82) is 0 Å². The third-order valence-electron chi connectivity index (χ3n) is 2.77. The number of likely N-dealkylation sites (N-methyl/N-ethyl adjacent to an activating group) is 2. The lowest BCUT2D eigenvalue weighted by Crippen LogP contribution is -2.35. The molecule has 0 atom stereocenters. The molecule has 4 heteroatoms. The standard InChI is InChI=1S/C12H16N2O2/c1-13-6-5-9-3-4-10-11(7-9)16-8-12(15)14(10)2/h3-4,7,13H,5-6,8H2,1-2H3. The molecule has 1 aromatic carbocycles. The van der Waals surface area contributed by atoms with E-state index in [0.717, 1.165) is 24.4 Å². The molecule has 1 aliphatic rings. The molecule has 1 heterocycles. The van der Waals surface area contributed by atoms with Crippen LogP contribution in [0.2, 0.25) is 0 Å². The average molecular weight is 220 g/mol. The second-order valence-corrected chi connectivity index (χ2v) is 3.90. The molecule has 86 valence electrons. The molecule has 0 saturated heterocycles. The van der Waals surface area contributed by atoms with Crippen molar-refractivity contribution in [2.45, 2.75) is 6.42 Å². The first-order chi connectivity index (χ1) is 7.72. The van der Waals surface area contributed by atoms with Crippen LogP contribution in [0.3, 0.4) is 0 Å². The molecular formula is C12H16N2O2. The van der Waals surface area contributed by atoms with Crippen LogP contribution in [0.4, 0.5) is 5.69 Å². The first-order valence-electron chi connectivity index (χ1n) is 5.39. The molecule has 1 N–H and O–H groups in total. The van der Waals surface area contributed by atoms with Gasteiger partial charge in [-0.2, -0.15) is 0 Å². The van der Waals surface area contributed by atoms with E-state index in [0.29, 0.717) is 0 Å². The summed E-state index contributed by atoms with van der Waals surface area (Å²) in [5, 5.41) is 3.11. The van der Waals surface area contributed by atoms with Crippen molar-refractivity contribution in [1.82, 2.24) is 5.32 Å². The number of ether oxygens (including phenoxy) is 1. The highest BCUT2D eigenvalue weighted by Crippen LogP contribution is 2.31. The van der Waals surface area contributed by atoms with Crippen LogP contribution in [0.5, 0.6) is 5.75 Å². The van der Waals surface area contributed by atoms with Gasteiger partial charge in [-0.3, -0.25) is 4.79 Å². The number of hydrogen-bond acceptors (Lipinski definition) is 3. The number of nitrogens with zero attached hydrogens (tertiary/aromatic N) is 1. The number of hydrogen-bond donors (Lipinski definition) is 1. The Hall–Kier alpha value is -1.55. The molecule has 1 aromatic rings. The number of amides is 1. The van der Waals surface area contributed by atoms with Crippen LogP contribution in [-0.4, -0.2) is 33.2 Å². The summed E-state index contributed by atoms with van der Waals surface area (Å²) in [6.07, 6.45) is 0.963. The van der Waals surface area contributed by atoms with E-state index in [9.17, 15) is 4.79 Å². The minimum Gasteiger partial charge on any atom is -0.482 e. The van der Waals surface area contributed by atoms with E-state index in [2.05, 4.69) is 5.32 Å². The number of benzene rings is 1. The molecule has 0 aromatic heterocycles. The Bertz CT molecular complexity index is 404. The van der Waals surface area contributed by atoms with E-state index in [4.69, 9.17) is 4.74 Å². The summed E-state index contributed by atoms with van der Waals surface area (Å²) >= 11 is 0. The van der Waals surface area contributed by atoms with Crippen molar-refractivity contribution in [2.75, 3.05) is 32.1 Å². The van der Waals surface area contributed by atoms with Crippen molar-refractivity contribution < 1.29 is 9.53 Å². The molecule has 1 aliphatic heterocycles. The van der Waals surface area contributed by atoms with E-state index >= 15 is 0 Å². The summed E-state index contributed by atoms with van der Waals surface area (Å²) in [4.78, 5) is 13.0. The number of carbonyl (C=O) groups excluding carboxylic acids is 1. The normalized spacial score (nSPS) is 14.6. The third-order valence-corrected chi connectivity index (χ3v) is 2.77. The summed E-state index contributed by atoms with van der Waals surface area (Å²) in [6.45, 7) is 1.08. The number of anilines is 1. The molecule has 0 spiro atoms. The van der Waals surface area contributed by atoms with E-state index in [-0.39, 0.29) is 12.5 Å². The van der Waals surface area contributed by atoms with Gasteiger partial charge in [0.1, 0.15) is 5.75 Å². The highest BCUT2D eigenvalue weighted by molar-refractivity contribution is 5.97. The zero-order valence-electron chi connectivity index (χ0n) is 9.62. The molecule has 0 bridgehead atoms. The Labute approximate surface area is 95.2 Å². The van der Waals surface area contributed by atoms with Crippen molar-refractivity contribution in [2.24, 2.45) is 0 Å². The predicted octanol–water partition coefficient (Wildman–Crippen LogP) is 0.804. The first kappa shape index (κ1) is 11.0. The first-order valence-corrected chi connectivity index (χ1v) is 5.39. The van der Waals surface area contributed by atoms with Gasteiger partial charge >= 0.3 is 0 Å². The molecule has 1 amide bonds. The molecule has 0 saturated carbocycles. The van der Waals surface area contributed by atoms with Gasteiger partial charge in [0.05, 0.1) is 5.69 Å². The maximum atomic E-state index is 11.4. The molecule has 16 heavy (non-hydrogen) atoms. The van der Waals surface area contributed by atoms with Crippen LogP contribution in [0.15, 0.2) is 18.2 Å². The number of carbonyl (C=O) groups is 1. The van der Waals surface area contributed by atoms with Gasteiger partial charge in [-0.15, -0.1) is 0 Å². The number of rotatable bonds is 3. The van der Waals surface area contributed by atoms with E-state index < -0.39 is 0 Å². The predicted molar refractivity (Wildman–Crippen MR) is 63.0 cm³/mol. The van der Waals surface area contributed by atoms with Crippen molar-refractivity contribution in [3.8, 4) is 5.75 Å². The van der Waals surface area contributed by atoms with Crippen LogP contribution >= 0.6 is 0 Å². The monoisotopic (exact) mass is 220 g/mol. The highest BCUT2D eigenvalue weighted by Gasteiger charge is 2.21. The summed E-state index contributed by atoms with van der Waals surface area (Å²) in [7, 11) is 3.71. The van der Waals surface area contributed by atoms with Crippen LogP contribution < -0.4 is 15.0 Å². The van der Waals surface area contributed by atoms with Crippen LogP contribution in [0.1, 0.15) is 5.56 Å². The Balaban J connectivity index is 2.23. The van der Waals surface area contributed by atoms with Crippen LogP contribution in [0.25, 0.3) is 0 Å². The van der Waals surface area contributed by atoms with Crippen molar-refractivity contribution in [3.63, 3.8) is 0 Å². The fourth-order valence-electron chi connectivity index (χ4n) is 1.75. The van der Waals surface area contributed by atoms with E-state index in [1.165, 1.54) is 5.56 Å². The second kappa shape index (κ2) is 4.53. The zero-order valence-corrected chi connectivity index (χ0v) is 9.62. The molecular weight excluding hydrogens is 204 g/mol. The molecule has 0 fully saturated rings. The Morgan fingerprint density at radius 2 is 2.31 bits per heavy atom. The van der Waals surface area contributed by atoms with Crippen LogP contribution in [-0.2, 0) is 11.2 Å². The molecule has 0 radical (unpaired) electrons. The number of fused-ring (bicyclic) bond motifs is 1. The van der Waals surface area contributed by atoms with E-state index in [1.807, 2.05) is 25.2 Å². The lowest BCUT2D eigenvalue weighted by Gasteiger charge is -2.26. The summed E-state index contributed by atoms with van der Waals surface area (Å²) < 4.78 is 5.42. The van der Waals surface area contributed by atoms with Gasteiger partial charge in [0, 0.05) is 7.05 Å². The van der Waals surface area contributed by atoms with E-state index in [1.54, 1.807) is 11.9 Å². The Morgan fingerprint density at radius 3 is 3.06 bits per heavy atom. The highest BCUT2D eigenvalue weighted by atomic mass is 16.5. The Morgan fingerprint density at radius 1 is 1.50 bits per heavy atom. The summed E-state index contributed by atoms with van der Waals surface area (Å²) in [6, 6.07) is 5.99. The number of nitrogens with one attached hydrogen (secondary N) is 1. The quantitative estimate of drug-likeness (QED) is 0.819. The van der Waals surface area contributed by atoms with Gasteiger partial charge in [0.25, 0.3) is 5.91 Å². The lowest BCUT2D eigenvalue weighted by molar-refractivity contribution is -0.120. The summed E-state index contributed by atoms with van der Waals surface area (Å²) in [5.74, 6) is 0.797. The molecule has 4 nitrogen and oxygen atoms in total. The second-order valence-electron chi connectivity index (χ2n) is 3.90. The van der Waals surface area contributed by atoms with Gasteiger partial charge in [0.15, 0.2) is 6.61 Å². The molecule has 2 rings (SSSR count). The zero-order chi connectivity index (χ0) is 11.5. The third kappa shape index (κ3) is 2.02. The van der Waals surface area contributed by atoms with Crippen LogP contribution in [0, 0.1) is 0 Å². The van der Waals surface area contributed by atoms with Gasteiger partial charge in [-0.05, 0) is 37.7 Å². The SMILES string of the molecule is CNCCc1ccc2c(c1)OCC(=O)N2C. The topological polar surface area (TPSA) is 41.6 Å². The fourth-order valence-corrected chi connectivity index (χ4v) is 1.75. The minimum atomic E-state index is -0.00419. The minimum absolute atomic E-state index is 0.00419. The lowest BCUT2D eigenvalue weighted by atomic mass is 10.1.